The Bertz CT molecular complexity index is 666. The number of hydrogen-bond donors (Lipinski definition) is 1. The molecule has 1 heterocycles. The van der Waals surface area contributed by atoms with Crippen molar-refractivity contribution in [3.05, 3.63) is 32.3 Å². The van der Waals surface area contributed by atoms with Crippen LogP contribution in [-0.2, 0) is 14.6 Å². The van der Waals surface area contributed by atoms with Gasteiger partial charge in [0.25, 0.3) is 5.56 Å². The fourth-order valence-electron chi connectivity index (χ4n) is 1.70. The van der Waals surface area contributed by atoms with E-state index in [0.29, 0.717) is 3.57 Å². The lowest BCUT2D eigenvalue weighted by atomic mass is 10.0. The number of carboxylic acids is 1. The van der Waals surface area contributed by atoms with E-state index < -0.39 is 32.2 Å². The zero-order valence-corrected chi connectivity index (χ0v) is 13.6. The standard InChI is InChI=1S/C11H14INO5S/c1-7(11(2,10(15)16)19(3,17)18)13-5-4-8(12)6-9(13)14/h4-7H,1-3H3,(H,15,16)/t7?,11-/m1/s1. The van der Waals surface area contributed by atoms with Gasteiger partial charge in [0.15, 0.2) is 14.6 Å². The molecule has 2 atom stereocenters. The van der Waals surface area contributed by atoms with E-state index in [1.165, 1.54) is 19.2 Å². The van der Waals surface area contributed by atoms with Crippen LogP contribution in [-0.4, -0.2) is 35.1 Å². The van der Waals surface area contributed by atoms with E-state index in [4.69, 9.17) is 0 Å². The molecule has 0 aromatic carbocycles. The largest absolute Gasteiger partial charge is 0.480 e. The first-order valence-corrected chi connectivity index (χ1v) is 8.29. The molecule has 19 heavy (non-hydrogen) atoms. The molecular weight excluding hydrogens is 385 g/mol. The average molecular weight is 399 g/mol. The van der Waals surface area contributed by atoms with Crippen LogP contribution in [0.4, 0.5) is 0 Å². The van der Waals surface area contributed by atoms with Crippen LogP contribution in [0.2, 0.25) is 0 Å². The topological polar surface area (TPSA) is 93.4 Å². The number of aromatic nitrogens is 1. The van der Waals surface area contributed by atoms with E-state index >= 15 is 0 Å². The molecule has 1 N–H and O–H groups in total. The minimum Gasteiger partial charge on any atom is -0.480 e. The van der Waals surface area contributed by atoms with E-state index in [2.05, 4.69) is 0 Å². The Labute approximate surface area is 124 Å². The number of nitrogens with zero attached hydrogens (tertiary/aromatic N) is 1. The second kappa shape index (κ2) is 5.23. The summed E-state index contributed by atoms with van der Waals surface area (Å²) in [6.45, 7) is 2.52. The van der Waals surface area contributed by atoms with Gasteiger partial charge in [0, 0.05) is 22.1 Å². The third-order valence-corrected chi connectivity index (χ3v) is 6.05. The number of pyridine rings is 1. The van der Waals surface area contributed by atoms with Gasteiger partial charge in [-0.2, -0.15) is 0 Å². The summed E-state index contributed by atoms with van der Waals surface area (Å²) < 4.78 is 23.3. The van der Waals surface area contributed by atoms with Crippen LogP contribution in [0.1, 0.15) is 19.9 Å². The van der Waals surface area contributed by atoms with Crippen molar-refractivity contribution in [2.45, 2.75) is 24.6 Å². The summed E-state index contributed by atoms with van der Waals surface area (Å²) >= 11 is 1.95. The molecule has 8 heteroatoms. The minimum absolute atomic E-state index is 0.435. The number of rotatable bonds is 4. The number of aliphatic carboxylic acids is 1. The molecule has 0 saturated heterocycles. The highest BCUT2D eigenvalue weighted by molar-refractivity contribution is 14.1. The Kier molecular flexibility index (Phi) is 4.45. The van der Waals surface area contributed by atoms with E-state index in [0.717, 1.165) is 17.7 Å². The molecule has 0 bridgehead atoms. The number of carboxylic acid groups (broad SMARTS) is 1. The van der Waals surface area contributed by atoms with Crippen LogP contribution >= 0.6 is 22.6 Å². The molecule has 0 aliphatic carbocycles. The van der Waals surface area contributed by atoms with Gasteiger partial charge >= 0.3 is 5.97 Å². The monoisotopic (exact) mass is 399 g/mol. The van der Waals surface area contributed by atoms with Gasteiger partial charge in [-0.3, -0.25) is 9.59 Å². The van der Waals surface area contributed by atoms with Gasteiger partial charge in [-0.25, -0.2) is 8.42 Å². The van der Waals surface area contributed by atoms with E-state index in [-0.39, 0.29) is 0 Å². The van der Waals surface area contributed by atoms with Crippen LogP contribution in [0, 0.1) is 3.57 Å². The molecular formula is C11H14INO5S. The van der Waals surface area contributed by atoms with Crippen LogP contribution in [0.3, 0.4) is 0 Å². The first-order valence-electron chi connectivity index (χ1n) is 5.32. The van der Waals surface area contributed by atoms with Gasteiger partial charge in [-0.05, 0) is 42.5 Å². The van der Waals surface area contributed by atoms with Gasteiger partial charge in [-0.15, -0.1) is 0 Å². The number of hydrogen-bond acceptors (Lipinski definition) is 4. The lowest BCUT2D eigenvalue weighted by molar-refractivity contribution is -0.140. The molecule has 1 unspecified atom stereocenters. The molecule has 6 nitrogen and oxygen atoms in total. The maximum absolute atomic E-state index is 11.8. The van der Waals surface area contributed by atoms with Crippen molar-refractivity contribution in [1.29, 1.82) is 0 Å². The van der Waals surface area contributed by atoms with E-state index in [1.807, 2.05) is 22.6 Å². The molecule has 1 aromatic heterocycles. The highest BCUT2D eigenvalue weighted by Gasteiger charge is 2.49. The summed E-state index contributed by atoms with van der Waals surface area (Å²) in [6, 6.07) is 1.91. The summed E-state index contributed by atoms with van der Waals surface area (Å²) in [5, 5.41) is 9.25. The van der Waals surface area contributed by atoms with Gasteiger partial charge < -0.3 is 9.67 Å². The summed E-state index contributed by atoms with van der Waals surface area (Å²) in [4.78, 5) is 23.2. The summed E-state index contributed by atoms with van der Waals surface area (Å²) in [7, 11) is -3.90. The predicted octanol–water partition coefficient (Wildman–Crippen LogP) is 0.902. The highest BCUT2D eigenvalue weighted by Crippen LogP contribution is 2.29. The van der Waals surface area contributed by atoms with Crippen molar-refractivity contribution < 1.29 is 18.3 Å². The smallest absolute Gasteiger partial charge is 0.326 e. The quantitative estimate of drug-likeness (QED) is 0.760. The summed E-state index contributed by atoms with van der Waals surface area (Å²) in [5.74, 6) is -1.48. The van der Waals surface area contributed by atoms with Gasteiger partial charge in [0.1, 0.15) is 0 Å². The van der Waals surface area contributed by atoms with E-state index in [9.17, 15) is 23.1 Å². The number of sulfone groups is 1. The normalized spacial score (nSPS) is 16.6. The Morgan fingerprint density at radius 1 is 1.53 bits per heavy atom. The second-order valence-electron chi connectivity index (χ2n) is 4.45. The zero-order valence-electron chi connectivity index (χ0n) is 10.6. The lowest BCUT2D eigenvalue weighted by Gasteiger charge is -2.30. The van der Waals surface area contributed by atoms with Crippen LogP contribution < -0.4 is 5.56 Å². The first kappa shape index (κ1) is 16.2. The van der Waals surface area contributed by atoms with Crippen molar-refractivity contribution in [2.24, 2.45) is 0 Å². The fourth-order valence-corrected chi connectivity index (χ4v) is 3.18. The Balaban J connectivity index is 3.50. The molecule has 0 aliphatic rings. The Morgan fingerprint density at radius 3 is 2.42 bits per heavy atom. The van der Waals surface area contributed by atoms with Gasteiger partial charge in [0.05, 0.1) is 6.04 Å². The van der Waals surface area contributed by atoms with Gasteiger partial charge in [-0.1, -0.05) is 0 Å². The SMILES string of the molecule is CC(n1ccc(I)cc1=O)[C@](C)(C(=O)O)S(C)(=O)=O. The van der Waals surface area contributed by atoms with Crippen molar-refractivity contribution in [2.75, 3.05) is 6.26 Å². The first-order chi connectivity index (χ1) is 8.51. The maximum atomic E-state index is 11.8. The highest BCUT2D eigenvalue weighted by atomic mass is 127. The average Bonchev–Trinajstić information content (AvgIpc) is 2.25. The number of carbonyl (C=O) groups is 1. The Morgan fingerprint density at radius 2 is 2.05 bits per heavy atom. The predicted molar refractivity (Wildman–Crippen MR) is 79.0 cm³/mol. The maximum Gasteiger partial charge on any atom is 0.326 e. The lowest BCUT2D eigenvalue weighted by Crippen LogP contribution is -2.51. The molecule has 0 saturated carbocycles. The molecule has 0 aliphatic heterocycles. The molecule has 0 spiro atoms. The van der Waals surface area contributed by atoms with Crippen LogP contribution in [0.15, 0.2) is 23.1 Å². The van der Waals surface area contributed by atoms with Crippen molar-refractivity contribution in [3.8, 4) is 0 Å². The molecule has 0 radical (unpaired) electrons. The second-order valence-corrected chi connectivity index (χ2v) is 8.09. The summed E-state index contributed by atoms with van der Waals surface area (Å²) in [5.41, 5.74) is -0.435. The van der Waals surface area contributed by atoms with E-state index in [1.54, 1.807) is 6.07 Å². The molecule has 0 amide bonds. The molecule has 0 fully saturated rings. The van der Waals surface area contributed by atoms with Crippen molar-refractivity contribution in [1.82, 2.24) is 4.57 Å². The summed E-state index contributed by atoms with van der Waals surface area (Å²) in [6.07, 6.45) is 2.26. The van der Waals surface area contributed by atoms with Crippen LogP contribution in [0.25, 0.3) is 0 Å². The molecule has 1 aromatic rings. The Hall–Kier alpha value is -0.900. The molecule has 106 valence electrons. The third-order valence-electron chi connectivity index (χ3n) is 3.32. The van der Waals surface area contributed by atoms with Crippen LogP contribution in [0.5, 0.6) is 0 Å². The van der Waals surface area contributed by atoms with Crippen molar-refractivity contribution in [3.63, 3.8) is 0 Å². The fraction of sp³-hybridized carbons (Fsp3) is 0.455. The van der Waals surface area contributed by atoms with Crippen molar-refractivity contribution >= 4 is 38.4 Å². The number of halogens is 1. The minimum atomic E-state index is -3.90. The zero-order chi connectivity index (χ0) is 15.0. The third kappa shape index (κ3) is 2.83. The molecule has 1 rings (SSSR count). The van der Waals surface area contributed by atoms with Gasteiger partial charge in [0.2, 0.25) is 0 Å².